The highest BCUT2D eigenvalue weighted by Gasteiger charge is 2.07. The van der Waals surface area contributed by atoms with E-state index in [1.807, 2.05) is 66.9 Å². The van der Waals surface area contributed by atoms with Crippen molar-refractivity contribution >= 4 is 17.4 Å². The number of hydrogen-bond donors (Lipinski definition) is 1. The average molecular weight is 288 g/mol. The SMILES string of the molecule is c1ccc(Nc2nnc3nc(-c4ccccc4)cn3n2)cc1. The lowest BCUT2D eigenvalue weighted by molar-refractivity contribution is 0.836. The second kappa shape index (κ2) is 5.25. The molecular formula is C16H12N6. The molecule has 0 saturated heterocycles. The number of aromatic nitrogens is 5. The van der Waals surface area contributed by atoms with Crippen molar-refractivity contribution in [1.82, 2.24) is 24.8 Å². The van der Waals surface area contributed by atoms with E-state index in [2.05, 4.69) is 25.6 Å². The van der Waals surface area contributed by atoms with Crippen molar-refractivity contribution < 1.29 is 0 Å². The highest BCUT2D eigenvalue weighted by atomic mass is 15.4. The van der Waals surface area contributed by atoms with E-state index in [0.29, 0.717) is 11.7 Å². The summed E-state index contributed by atoms with van der Waals surface area (Å²) in [4.78, 5) is 4.43. The standard InChI is InChI=1S/C16H12N6/c1-3-7-12(8-4-1)14-11-22-16(18-14)20-19-15(21-22)17-13-9-5-2-6-10-13/h1-11H,(H,17,21). The van der Waals surface area contributed by atoms with Crippen LogP contribution in [-0.4, -0.2) is 24.8 Å². The van der Waals surface area contributed by atoms with Gasteiger partial charge in [0.2, 0.25) is 0 Å². The Labute approximate surface area is 126 Å². The quantitative estimate of drug-likeness (QED) is 0.627. The Morgan fingerprint density at radius 2 is 1.55 bits per heavy atom. The number of imidazole rings is 1. The lowest BCUT2D eigenvalue weighted by atomic mass is 10.2. The molecule has 0 fully saturated rings. The van der Waals surface area contributed by atoms with E-state index in [4.69, 9.17) is 0 Å². The maximum Gasteiger partial charge on any atom is 0.270 e. The van der Waals surface area contributed by atoms with Crippen molar-refractivity contribution in [1.29, 1.82) is 0 Å². The Morgan fingerprint density at radius 1 is 0.818 bits per heavy atom. The molecule has 4 aromatic rings. The second-order valence-electron chi connectivity index (χ2n) is 4.75. The van der Waals surface area contributed by atoms with Crippen LogP contribution in [0.2, 0.25) is 0 Å². The van der Waals surface area contributed by atoms with Crippen LogP contribution >= 0.6 is 0 Å². The highest BCUT2D eigenvalue weighted by Crippen LogP contribution is 2.17. The van der Waals surface area contributed by atoms with Gasteiger partial charge in [0.15, 0.2) is 0 Å². The van der Waals surface area contributed by atoms with Crippen molar-refractivity contribution in [2.24, 2.45) is 0 Å². The maximum atomic E-state index is 4.43. The molecule has 22 heavy (non-hydrogen) atoms. The minimum absolute atomic E-state index is 0.427. The summed E-state index contributed by atoms with van der Waals surface area (Å²) in [5, 5.41) is 15.7. The van der Waals surface area contributed by atoms with E-state index in [0.717, 1.165) is 16.9 Å². The van der Waals surface area contributed by atoms with E-state index < -0.39 is 0 Å². The van der Waals surface area contributed by atoms with Gasteiger partial charge in [-0.25, -0.2) is 4.98 Å². The fourth-order valence-corrected chi connectivity index (χ4v) is 2.17. The molecule has 2 aromatic heterocycles. The zero-order valence-corrected chi connectivity index (χ0v) is 11.6. The fourth-order valence-electron chi connectivity index (χ4n) is 2.17. The number of nitrogens with one attached hydrogen (secondary N) is 1. The first-order valence-electron chi connectivity index (χ1n) is 6.86. The van der Waals surface area contributed by atoms with Gasteiger partial charge in [0, 0.05) is 11.3 Å². The number of anilines is 2. The molecule has 0 unspecified atom stereocenters. The number of nitrogens with zero attached hydrogens (tertiary/aromatic N) is 5. The molecule has 1 N–H and O–H groups in total. The third kappa shape index (κ3) is 2.37. The van der Waals surface area contributed by atoms with Crippen LogP contribution in [-0.2, 0) is 0 Å². The minimum atomic E-state index is 0.427. The molecular weight excluding hydrogens is 276 g/mol. The smallest absolute Gasteiger partial charge is 0.270 e. The Bertz CT molecular complexity index is 902. The van der Waals surface area contributed by atoms with Crippen LogP contribution in [0.5, 0.6) is 0 Å². The van der Waals surface area contributed by atoms with Crippen LogP contribution in [0.1, 0.15) is 0 Å². The first-order valence-corrected chi connectivity index (χ1v) is 6.86. The first-order chi connectivity index (χ1) is 10.9. The van der Waals surface area contributed by atoms with Crippen molar-refractivity contribution in [3.05, 3.63) is 66.9 Å². The number of hydrogen-bond acceptors (Lipinski definition) is 5. The normalized spacial score (nSPS) is 10.7. The van der Waals surface area contributed by atoms with E-state index in [9.17, 15) is 0 Å². The monoisotopic (exact) mass is 288 g/mol. The van der Waals surface area contributed by atoms with Crippen LogP contribution in [0.15, 0.2) is 66.9 Å². The van der Waals surface area contributed by atoms with Crippen LogP contribution in [0, 0.1) is 0 Å². The minimum Gasteiger partial charge on any atom is -0.322 e. The van der Waals surface area contributed by atoms with Gasteiger partial charge in [0.1, 0.15) is 0 Å². The summed E-state index contributed by atoms with van der Waals surface area (Å²) in [6.07, 6.45) is 1.84. The number of rotatable bonds is 3. The Hall–Kier alpha value is -3.28. The predicted octanol–water partition coefficient (Wildman–Crippen LogP) is 2.93. The molecule has 0 radical (unpaired) electrons. The van der Waals surface area contributed by atoms with Crippen LogP contribution < -0.4 is 5.32 Å². The number of benzene rings is 2. The van der Waals surface area contributed by atoms with Gasteiger partial charge < -0.3 is 5.32 Å². The van der Waals surface area contributed by atoms with Crippen molar-refractivity contribution in [2.75, 3.05) is 5.32 Å². The third-order valence-electron chi connectivity index (χ3n) is 3.21. The van der Waals surface area contributed by atoms with Gasteiger partial charge in [-0.15, -0.1) is 15.3 Å². The second-order valence-corrected chi connectivity index (χ2v) is 4.75. The molecule has 0 spiro atoms. The largest absolute Gasteiger partial charge is 0.322 e. The fraction of sp³-hybridized carbons (Fsp3) is 0. The molecule has 0 saturated carbocycles. The lowest BCUT2D eigenvalue weighted by Gasteiger charge is -2.02. The summed E-state index contributed by atoms with van der Waals surface area (Å²) >= 11 is 0. The molecule has 0 aliphatic heterocycles. The molecule has 6 nitrogen and oxygen atoms in total. The Kier molecular flexibility index (Phi) is 2.97. The van der Waals surface area contributed by atoms with E-state index >= 15 is 0 Å². The number of para-hydroxylation sites is 1. The molecule has 0 atom stereocenters. The van der Waals surface area contributed by atoms with Gasteiger partial charge >= 0.3 is 0 Å². The van der Waals surface area contributed by atoms with Crippen molar-refractivity contribution in [2.45, 2.75) is 0 Å². The summed E-state index contributed by atoms with van der Waals surface area (Å²) < 4.78 is 1.63. The van der Waals surface area contributed by atoms with Gasteiger partial charge in [-0.1, -0.05) is 48.5 Å². The van der Waals surface area contributed by atoms with Gasteiger partial charge in [-0.05, 0) is 12.1 Å². The van der Waals surface area contributed by atoms with Crippen molar-refractivity contribution in [3.63, 3.8) is 0 Å². The molecule has 2 aromatic carbocycles. The zero-order chi connectivity index (χ0) is 14.8. The Morgan fingerprint density at radius 3 is 2.32 bits per heavy atom. The highest BCUT2D eigenvalue weighted by molar-refractivity contribution is 5.61. The Balaban J connectivity index is 1.69. The molecule has 2 heterocycles. The van der Waals surface area contributed by atoms with Crippen LogP contribution in [0.3, 0.4) is 0 Å². The molecule has 6 heteroatoms. The average Bonchev–Trinajstić information content (AvgIpc) is 3.00. The first kappa shape index (κ1) is 12.5. The lowest BCUT2D eigenvalue weighted by Crippen LogP contribution is -2.03. The maximum absolute atomic E-state index is 4.43. The summed E-state index contributed by atoms with van der Waals surface area (Å²) in [6, 6.07) is 19.6. The molecule has 0 amide bonds. The van der Waals surface area contributed by atoms with Crippen molar-refractivity contribution in [3.8, 4) is 11.3 Å². The molecule has 106 valence electrons. The third-order valence-corrected chi connectivity index (χ3v) is 3.21. The van der Waals surface area contributed by atoms with E-state index in [-0.39, 0.29) is 0 Å². The molecule has 0 bridgehead atoms. The van der Waals surface area contributed by atoms with Gasteiger partial charge in [0.25, 0.3) is 11.7 Å². The summed E-state index contributed by atoms with van der Waals surface area (Å²) in [7, 11) is 0. The van der Waals surface area contributed by atoms with Gasteiger partial charge in [-0.3, -0.25) is 0 Å². The van der Waals surface area contributed by atoms with E-state index in [1.54, 1.807) is 4.52 Å². The number of fused-ring (bicyclic) bond motifs is 1. The topological polar surface area (TPSA) is 68.0 Å². The van der Waals surface area contributed by atoms with Crippen LogP contribution in [0.25, 0.3) is 17.0 Å². The van der Waals surface area contributed by atoms with E-state index in [1.165, 1.54) is 0 Å². The molecule has 4 rings (SSSR count). The molecule has 0 aliphatic carbocycles. The zero-order valence-electron chi connectivity index (χ0n) is 11.6. The van der Waals surface area contributed by atoms with Gasteiger partial charge in [-0.2, -0.15) is 4.52 Å². The van der Waals surface area contributed by atoms with Gasteiger partial charge in [0.05, 0.1) is 11.9 Å². The molecule has 0 aliphatic rings. The summed E-state index contributed by atoms with van der Waals surface area (Å²) in [5.74, 6) is 0.896. The van der Waals surface area contributed by atoms with Crippen LogP contribution in [0.4, 0.5) is 11.6 Å². The summed E-state index contributed by atoms with van der Waals surface area (Å²) in [6.45, 7) is 0. The summed E-state index contributed by atoms with van der Waals surface area (Å²) in [5.41, 5.74) is 2.75. The predicted molar refractivity (Wildman–Crippen MR) is 83.7 cm³/mol.